The lowest BCUT2D eigenvalue weighted by Crippen LogP contribution is -2.36. The molecule has 0 unspecified atom stereocenters. The molecule has 0 radical (unpaired) electrons. The maximum absolute atomic E-state index is 8.99. The van der Waals surface area contributed by atoms with Crippen molar-refractivity contribution in [1.82, 2.24) is 4.90 Å². The summed E-state index contributed by atoms with van der Waals surface area (Å²) in [5.41, 5.74) is 6.68. The number of benzene rings is 1. The second kappa shape index (κ2) is 8.08. The van der Waals surface area contributed by atoms with E-state index in [9.17, 15) is 0 Å². The number of aliphatic hydroxyl groups excluding tert-OH is 1. The first-order chi connectivity index (χ1) is 8.69. The summed E-state index contributed by atoms with van der Waals surface area (Å²) in [7, 11) is 0. The number of aliphatic hydroxyl groups is 1. The Morgan fingerprint density at radius 2 is 2.00 bits per heavy atom. The average Bonchev–Trinajstić information content (AvgIpc) is 2.38. The Labute approximate surface area is 109 Å². The fourth-order valence-electron chi connectivity index (χ4n) is 1.84. The van der Waals surface area contributed by atoms with Gasteiger partial charge in [0.15, 0.2) is 0 Å². The molecule has 0 fully saturated rings. The molecular weight excluding hydrogens is 228 g/mol. The summed E-state index contributed by atoms with van der Waals surface area (Å²) in [6.45, 7) is 6.98. The molecule has 0 amide bonds. The zero-order chi connectivity index (χ0) is 13.4. The van der Waals surface area contributed by atoms with E-state index < -0.39 is 0 Å². The summed E-state index contributed by atoms with van der Waals surface area (Å²) in [4.78, 5) is 2.19. The van der Waals surface area contributed by atoms with Gasteiger partial charge in [-0.15, -0.1) is 0 Å². The van der Waals surface area contributed by atoms with Gasteiger partial charge >= 0.3 is 0 Å². The van der Waals surface area contributed by atoms with Gasteiger partial charge in [0.25, 0.3) is 0 Å². The molecule has 0 bridgehead atoms. The first kappa shape index (κ1) is 15.0. The second-order valence-corrected chi connectivity index (χ2v) is 4.51. The van der Waals surface area contributed by atoms with Crippen molar-refractivity contribution >= 4 is 0 Å². The van der Waals surface area contributed by atoms with E-state index in [1.807, 2.05) is 24.3 Å². The Morgan fingerprint density at radius 3 is 2.61 bits per heavy atom. The van der Waals surface area contributed by atoms with Crippen molar-refractivity contribution in [2.45, 2.75) is 26.4 Å². The van der Waals surface area contributed by atoms with Crippen LogP contribution in [0.15, 0.2) is 24.3 Å². The fraction of sp³-hybridized carbons (Fsp3) is 0.571. The summed E-state index contributed by atoms with van der Waals surface area (Å²) in [6, 6.07) is 8.23. The number of hydrogen-bond donors (Lipinski definition) is 2. The molecule has 0 aromatic heterocycles. The van der Waals surface area contributed by atoms with Gasteiger partial charge < -0.3 is 15.6 Å². The van der Waals surface area contributed by atoms with Crippen LogP contribution in [0.4, 0.5) is 0 Å². The van der Waals surface area contributed by atoms with Gasteiger partial charge in [0.2, 0.25) is 0 Å². The number of para-hydroxylation sites is 1. The summed E-state index contributed by atoms with van der Waals surface area (Å²) >= 11 is 0. The lowest BCUT2D eigenvalue weighted by Gasteiger charge is -2.25. The quantitative estimate of drug-likeness (QED) is 0.730. The van der Waals surface area contributed by atoms with Crippen LogP contribution < -0.4 is 10.5 Å². The van der Waals surface area contributed by atoms with Crippen LogP contribution in [0.3, 0.4) is 0 Å². The van der Waals surface area contributed by atoms with Crippen LogP contribution in [0.1, 0.15) is 19.4 Å². The highest BCUT2D eigenvalue weighted by Crippen LogP contribution is 2.16. The normalized spacial score (nSPS) is 11.2. The highest BCUT2D eigenvalue weighted by atomic mass is 16.5. The second-order valence-electron chi connectivity index (χ2n) is 4.51. The van der Waals surface area contributed by atoms with Gasteiger partial charge in [0.1, 0.15) is 12.4 Å². The average molecular weight is 252 g/mol. The van der Waals surface area contributed by atoms with Gasteiger partial charge in [-0.05, 0) is 19.9 Å². The number of hydrogen-bond acceptors (Lipinski definition) is 4. The summed E-state index contributed by atoms with van der Waals surface area (Å²) in [5.74, 6) is 0.854. The van der Waals surface area contributed by atoms with E-state index in [1.165, 1.54) is 0 Å². The summed E-state index contributed by atoms with van der Waals surface area (Å²) in [5, 5.41) is 8.99. The fourth-order valence-corrected chi connectivity index (χ4v) is 1.84. The number of nitrogens with zero attached hydrogens (tertiary/aromatic N) is 1. The molecule has 0 aliphatic carbocycles. The van der Waals surface area contributed by atoms with Gasteiger partial charge in [-0.3, -0.25) is 4.90 Å². The molecule has 3 N–H and O–H groups in total. The molecule has 0 saturated heterocycles. The molecule has 1 aromatic rings. The molecule has 1 rings (SSSR count). The molecule has 102 valence electrons. The zero-order valence-corrected chi connectivity index (χ0v) is 11.3. The Morgan fingerprint density at radius 1 is 1.28 bits per heavy atom. The standard InChI is InChI=1S/C14H24N2O2/c1-12(2)16(7-9-17)8-10-18-14-6-4-3-5-13(14)11-15/h3-6,12,17H,7-11,15H2,1-2H3. The van der Waals surface area contributed by atoms with E-state index in [2.05, 4.69) is 18.7 Å². The maximum atomic E-state index is 8.99. The third-order valence-corrected chi connectivity index (χ3v) is 2.95. The van der Waals surface area contributed by atoms with E-state index >= 15 is 0 Å². The molecule has 0 spiro atoms. The third-order valence-electron chi connectivity index (χ3n) is 2.95. The van der Waals surface area contributed by atoms with Crippen molar-refractivity contribution in [3.05, 3.63) is 29.8 Å². The van der Waals surface area contributed by atoms with E-state index in [1.54, 1.807) is 0 Å². The van der Waals surface area contributed by atoms with Crippen molar-refractivity contribution in [3.63, 3.8) is 0 Å². The molecular formula is C14H24N2O2. The van der Waals surface area contributed by atoms with Crippen molar-refractivity contribution in [2.75, 3.05) is 26.3 Å². The Balaban J connectivity index is 2.44. The number of ether oxygens (including phenoxy) is 1. The van der Waals surface area contributed by atoms with Crippen LogP contribution in [0.2, 0.25) is 0 Å². The van der Waals surface area contributed by atoms with Crippen LogP contribution in [-0.2, 0) is 6.54 Å². The molecule has 4 heteroatoms. The van der Waals surface area contributed by atoms with Crippen molar-refractivity contribution in [1.29, 1.82) is 0 Å². The van der Waals surface area contributed by atoms with E-state index in [-0.39, 0.29) is 6.61 Å². The zero-order valence-electron chi connectivity index (χ0n) is 11.3. The van der Waals surface area contributed by atoms with Crippen LogP contribution in [0.5, 0.6) is 5.75 Å². The van der Waals surface area contributed by atoms with Crippen molar-refractivity contribution < 1.29 is 9.84 Å². The van der Waals surface area contributed by atoms with E-state index in [0.29, 0.717) is 25.7 Å². The van der Waals surface area contributed by atoms with E-state index in [0.717, 1.165) is 17.9 Å². The predicted molar refractivity (Wildman–Crippen MR) is 73.6 cm³/mol. The molecule has 0 atom stereocenters. The topological polar surface area (TPSA) is 58.7 Å². The van der Waals surface area contributed by atoms with Gasteiger partial charge in [-0.25, -0.2) is 0 Å². The van der Waals surface area contributed by atoms with Crippen molar-refractivity contribution in [2.24, 2.45) is 5.73 Å². The van der Waals surface area contributed by atoms with Gasteiger partial charge in [0.05, 0.1) is 6.61 Å². The molecule has 0 saturated carbocycles. The minimum absolute atomic E-state index is 0.178. The van der Waals surface area contributed by atoms with Crippen LogP contribution in [0, 0.1) is 0 Å². The summed E-state index contributed by atoms with van der Waals surface area (Å²) in [6.07, 6.45) is 0. The minimum Gasteiger partial charge on any atom is -0.492 e. The predicted octanol–water partition coefficient (Wildman–Crippen LogP) is 1.23. The smallest absolute Gasteiger partial charge is 0.123 e. The monoisotopic (exact) mass is 252 g/mol. The Bertz CT molecular complexity index is 342. The van der Waals surface area contributed by atoms with E-state index in [4.69, 9.17) is 15.6 Å². The van der Waals surface area contributed by atoms with Crippen LogP contribution in [0.25, 0.3) is 0 Å². The molecule has 0 aliphatic heterocycles. The maximum Gasteiger partial charge on any atom is 0.123 e. The van der Waals surface area contributed by atoms with Crippen molar-refractivity contribution in [3.8, 4) is 5.75 Å². The first-order valence-electron chi connectivity index (χ1n) is 6.44. The van der Waals surface area contributed by atoms with Gasteiger partial charge in [-0.1, -0.05) is 18.2 Å². The Hall–Kier alpha value is -1.10. The lowest BCUT2D eigenvalue weighted by atomic mass is 10.2. The SMILES string of the molecule is CC(C)N(CCO)CCOc1ccccc1CN. The molecule has 0 aliphatic rings. The lowest BCUT2D eigenvalue weighted by molar-refractivity contribution is 0.141. The van der Waals surface area contributed by atoms with Gasteiger partial charge in [-0.2, -0.15) is 0 Å². The third kappa shape index (κ3) is 4.64. The van der Waals surface area contributed by atoms with Crippen LogP contribution in [-0.4, -0.2) is 42.4 Å². The van der Waals surface area contributed by atoms with Gasteiger partial charge in [0, 0.05) is 31.2 Å². The number of rotatable bonds is 8. The molecule has 1 aromatic carbocycles. The minimum atomic E-state index is 0.178. The molecule has 0 heterocycles. The summed E-state index contributed by atoms with van der Waals surface area (Å²) < 4.78 is 5.75. The first-order valence-corrected chi connectivity index (χ1v) is 6.44. The van der Waals surface area contributed by atoms with Crippen LogP contribution >= 0.6 is 0 Å². The Kier molecular flexibility index (Phi) is 6.72. The number of nitrogens with two attached hydrogens (primary N) is 1. The highest BCUT2D eigenvalue weighted by Gasteiger charge is 2.09. The highest BCUT2D eigenvalue weighted by molar-refractivity contribution is 5.32. The molecule has 4 nitrogen and oxygen atoms in total. The molecule has 18 heavy (non-hydrogen) atoms. The largest absolute Gasteiger partial charge is 0.492 e.